The molecule has 21 heavy (non-hydrogen) atoms. The van der Waals surface area contributed by atoms with Gasteiger partial charge in [-0.1, -0.05) is 19.1 Å². The summed E-state index contributed by atoms with van der Waals surface area (Å²) in [5.41, 5.74) is -0.497. The number of aliphatic carboxylic acids is 1. The molecule has 9 heteroatoms. The Morgan fingerprint density at radius 3 is 2.62 bits per heavy atom. The Balaban J connectivity index is 2.79. The molecule has 0 heterocycles. The summed E-state index contributed by atoms with van der Waals surface area (Å²) < 4.78 is 26.4. The van der Waals surface area contributed by atoms with E-state index in [1.165, 1.54) is 12.1 Å². The number of hydrogen-bond acceptors (Lipinski definition) is 5. The third kappa shape index (κ3) is 5.12. The average Bonchev–Trinajstić information content (AvgIpc) is 2.43. The Bertz CT molecular complexity index is 628. The third-order valence-electron chi connectivity index (χ3n) is 2.82. The first kappa shape index (κ1) is 17.1. The summed E-state index contributed by atoms with van der Waals surface area (Å²) in [5.74, 6) is -1.15. The first-order chi connectivity index (χ1) is 9.74. The highest BCUT2D eigenvalue weighted by Crippen LogP contribution is 2.22. The Kier molecular flexibility index (Phi) is 5.79. The van der Waals surface area contributed by atoms with E-state index < -0.39 is 31.5 Å². The monoisotopic (exact) mass is 316 g/mol. The van der Waals surface area contributed by atoms with E-state index in [4.69, 9.17) is 5.11 Å². The second-order valence-electron chi connectivity index (χ2n) is 4.61. The van der Waals surface area contributed by atoms with Gasteiger partial charge in [0.15, 0.2) is 4.90 Å². The molecule has 0 saturated heterocycles. The van der Waals surface area contributed by atoms with Crippen molar-refractivity contribution in [3.05, 3.63) is 34.4 Å². The highest BCUT2D eigenvalue weighted by Gasteiger charge is 2.25. The van der Waals surface area contributed by atoms with Gasteiger partial charge in [0.05, 0.1) is 4.92 Å². The Morgan fingerprint density at radius 2 is 2.05 bits per heavy atom. The minimum absolute atomic E-state index is 0.0155. The van der Waals surface area contributed by atoms with Gasteiger partial charge in [0.1, 0.15) is 0 Å². The second-order valence-corrected chi connectivity index (χ2v) is 6.35. The lowest BCUT2D eigenvalue weighted by atomic mass is 10.1. The molecule has 0 aliphatic heterocycles. The molecule has 2 N–H and O–H groups in total. The van der Waals surface area contributed by atoms with Crippen LogP contribution in [-0.2, 0) is 14.8 Å². The van der Waals surface area contributed by atoms with Crippen molar-refractivity contribution in [3.8, 4) is 0 Å². The molecule has 0 radical (unpaired) electrons. The normalized spacial score (nSPS) is 12.8. The number of sulfonamides is 1. The molecule has 1 rings (SSSR count). The summed E-state index contributed by atoms with van der Waals surface area (Å²) in [6.45, 7) is 1.71. The molecule has 1 atom stereocenters. The number of para-hydroxylation sites is 1. The zero-order valence-corrected chi connectivity index (χ0v) is 12.2. The number of nitrogens with one attached hydrogen (secondary N) is 1. The van der Waals surface area contributed by atoms with Gasteiger partial charge >= 0.3 is 5.97 Å². The maximum Gasteiger partial charge on any atom is 0.303 e. The molecule has 0 spiro atoms. The number of nitrogens with zero attached hydrogens (tertiary/aromatic N) is 1. The van der Waals surface area contributed by atoms with Crippen molar-refractivity contribution < 1.29 is 23.2 Å². The van der Waals surface area contributed by atoms with Gasteiger partial charge in [-0.15, -0.1) is 0 Å². The van der Waals surface area contributed by atoms with Crippen molar-refractivity contribution in [1.29, 1.82) is 0 Å². The number of carboxylic acids is 1. The van der Waals surface area contributed by atoms with Crippen LogP contribution in [0.4, 0.5) is 5.69 Å². The Labute approximate surface area is 122 Å². The number of nitro benzene ring substituents is 1. The van der Waals surface area contributed by atoms with Crippen LogP contribution >= 0.6 is 0 Å². The van der Waals surface area contributed by atoms with Crippen LogP contribution in [0, 0.1) is 16.0 Å². The van der Waals surface area contributed by atoms with Gasteiger partial charge in [-0.3, -0.25) is 14.9 Å². The van der Waals surface area contributed by atoms with Gasteiger partial charge in [0.25, 0.3) is 5.69 Å². The third-order valence-corrected chi connectivity index (χ3v) is 4.30. The van der Waals surface area contributed by atoms with Crippen molar-refractivity contribution in [3.63, 3.8) is 0 Å². The fourth-order valence-corrected chi connectivity index (χ4v) is 2.97. The van der Waals surface area contributed by atoms with Crippen LogP contribution in [0.15, 0.2) is 29.2 Å². The predicted octanol–water partition coefficient (Wildman–Crippen LogP) is 1.37. The molecule has 1 aromatic rings. The summed E-state index contributed by atoms with van der Waals surface area (Å²) in [5, 5.41) is 19.4. The molecular formula is C12H16N2O6S. The van der Waals surface area contributed by atoms with Crippen molar-refractivity contribution in [2.75, 3.05) is 6.54 Å². The quantitative estimate of drug-likeness (QED) is 0.551. The molecular weight excluding hydrogens is 300 g/mol. The van der Waals surface area contributed by atoms with E-state index in [1.807, 2.05) is 0 Å². The van der Waals surface area contributed by atoms with Gasteiger partial charge in [0, 0.05) is 19.0 Å². The van der Waals surface area contributed by atoms with Crippen molar-refractivity contribution >= 4 is 21.7 Å². The number of carbonyl (C=O) groups is 1. The van der Waals surface area contributed by atoms with Crippen LogP contribution in [-0.4, -0.2) is 31.0 Å². The van der Waals surface area contributed by atoms with Crippen LogP contribution in [0.25, 0.3) is 0 Å². The smallest absolute Gasteiger partial charge is 0.303 e. The Morgan fingerprint density at radius 1 is 1.43 bits per heavy atom. The molecule has 0 saturated carbocycles. The molecule has 116 valence electrons. The topological polar surface area (TPSA) is 127 Å². The van der Waals surface area contributed by atoms with Gasteiger partial charge in [-0.25, -0.2) is 13.1 Å². The van der Waals surface area contributed by atoms with Crippen LogP contribution in [0.3, 0.4) is 0 Å². The molecule has 1 aromatic carbocycles. The van der Waals surface area contributed by atoms with Crippen molar-refractivity contribution in [2.45, 2.75) is 24.7 Å². The van der Waals surface area contributed by atoms with E-state index in [1.54, 1.807) is 6.92 Å². The van der Waals surface area contributed by atoms with Crippen LogP contribution in [0.2, 0.25) is 0 Å². The zero-order valence-electron chi connectivity index (χ0n) is 11.4. The minimum atomic E-state index is -4.01. The largest absolute Gasteiger partial charge is 0.481 e. The van der Waals surface area contributed by atoms with E-state index in [0.29, 0.717) is 6.42 Å². The number of benzene rings is 1. The first-order valence-corrected chi connectivity index (χ1v) is 7.67. The van der Waals surface area contributed by atoms with Gasteiger partial charge in [-0.2, -0.15) is 0 Å². The molecule has 0 aliphatic carbocycles. The highest BCUT2D eigenvalue weighted by atomic mass is 32.2. The average molecular weight is 316 g/mol. The number of carboxylic acid groups (broad SMARTS) is 1. The minimum Gasteiger partial charge on any atom is -0.481 e. The Hall–Kier alpha value is -2.00. The van der Waals surface area contributed by atoms with E-state index in [-0.39, 0.29) is 18.9 Å². The maximum absolute atomic E-state index is 12.1. The SMILES string of the molecule is CC(CCC(=O)O)CNS(=O)(=O)c1ccccc1[N+](=O)[O-]. The van der Waals surface area contributed by atoms with Crippen molar-refractivity contribution in [2.24, 2.45) is 5.92 Å². The molecule has 8 nitrogen and oxygen atoms in total. The lowest BCUT2D eigenvalue weighted by Gasteiger charge is -2.12. The van der Waals surface area contributed by atoms with Crippen LogP contribution in [0.5, 0.6) is 0 Å². The number of rotatable bonds is 8. The van der Waals surface area contributed by atoms with E-state index in [0.717, 1.165) is 12.1 Å². The predicted molar refractivity (Wildman–Crippen MR) is 74.3 cm³/mol. The molecule has 0 aromatic heterocycles. The van der Waals surface area contributed by atoms with Crippen LogP contribution < -0.4 is 4.72 Å². The van der Waals surface area contributed by atoms with E-state index in [9.17, 15) is 23.3 Å². The number of nitro groups is 1. The van der Waals surface area contributed by atoms with Gasteiger partial charge in [-0.05, 0) is 18.4 Å². The summed E-state index contributed by atoms with van der Waals surface area (Å²) in [6.07, 6.45) is 0.253. The summed E-state index contributed by atoms with van der Waals surface area (Å²) in [4.78, 5) is 20.1. The standard InChI is InChI=1S/C12H16N2O6S/c1-9(6-7-12(15)16)8-13-21(19,20)11-5-3-2-4-10(11)14(17)18/h2-5,9,13H,6-8H2,1H3,(H,15,16). The lowest BCUT2D eigenvalue weighted by Crippen LogP contribution is -2.29. The lowest BCUT2D eigenvalue weighted by molar-refractivity contribution is -0.387. The van der Waals surface area contributed by atoms with Gasteiger partial charge < -0.3 is 5.11 Å². The highest BCUT2D eigenvalue weighted by molar-refractivity contribution is 7.89. The second kappa shape index (κ2) is 7.14. The maximum atomic E-state index is 12.1. The van der Waals surface area contributed by atoms with Crippen molar-refractivity contribution in [1.82, 2.24) is 4.72 Å². The fraction of sp³-hybridized carbons (Fsp3) is 0.417. The molecule has 0 bridgehead atoms. The summed E-state index contributed by atoms with van der Waals surface area (Å²) in [6, 6.07) is 5.05. The van der Waals surface area contributed by atoms with Gasteiger partial charge in [0.2, 0.25) is 10.0 Å². The zero-order chi connectivity index (χ0) is 16.0. The molecule has 1 unspecified atom stereocenters. The first-order valence-electron chi connectivity index (χ1n) is 6.19. The van der Waals surface area contributed by atoms with E-state index >= 15 is 0 Å². The molecule has 0 fully saturated rings. The molecule has 0 aliphatic rings. The van der Waals surface area contributed by atoms with Crippen LogP contribution in [0.1, 0.15) is 19.8 Å². The molecule has 0 amide bonds. The fourth-order valence-electron chi connectivity index (χ4n) is 1.64. The number of hydrogen-bond donors (Lipinski definition) is 2. The summed E-state index contributed by atoms with van der Waals surface area (Å²) >= 11 is 0. The summed E-state index contributed by atoms with van der Waals surface area (Å²) in [7, 11) is -4.01. The van der Waals surface area contributed by atoms with E-state index in [2.05, 4.69) is 4.72 Å².